The fourth-order valence-electron chi connectivity index (χ4n) is 2.17. The van der Waals surface area contributed by atoms with E-state index >= 15 is 0 Å². The summed E-state index contributed by atoms with van der Waals surface area (Å²) >= 11 is 12.1. The Bertz CT molecular complexity index is 765. The number of amides is 2. The Balaban J connectivity index is 2.15. The van der Waals surface area contributed by atoms with Gasteiger partial charge in [-0.2, -0.15) is 0 Å². The molecule has 0 radical (unpaired) electrons. The quantitative estimate of drug-likeness (QED) is 0.783. The van der Waals surface area contributed by atoms with E-state index in [4.69, 9.17) is 23.2 Å². The van der Waals surface area contributed by atoms with Crippen LogP contribution in [0.15, 0.2) is 30.3 Å². The van der Waals surface area contributed by atoms with E-state index in [1.54, 1.807) is 31.2 Å². The molecule has 2 N–H and O–H groups in total. The summed E-state index contributed by atoms with van der Waals surface area (Å²) in [5.41, 5.74) is 3.38. The Morgan fingerprint density at radius 2 is 1.57 bits per heavy atom. The number of hydrogen-bond acceptors (Lipinski definition) is 2. The van der Waals surface area contributed by atoms with E-state index in [1.807, 2.05) is 19.9 Å². The molecule has 0 fully saturated rings. The predicted octanol–water partition coefficient (Wildman–Crippen LogP) is 4.50. The van der Waals surface area contributed by atoms with Gasteiger partial charge in [-0.15, -0.1) is 0 Å². The maximum atomic E-state index is 12.1. The molecule has 4 nitrogen and oxygen atoms in total. The molecule has 0 bridgehead atoms. The first-order chi connectivity index (χ1) is 10.8. The standard InChI is InChI=1S/C17H16Cl2N2O2/c1-9-7-10(2)15(13(19)8-9)21-17(23)16(22)20-14-6-4-5-12(18)11(14)3/h4-8H,1-3H3,(H,20,22)(H,21,23). The van der Waals surface area contributed by atoms with Crippen molar-refractivity contribution < 1.29 is 9.59 Å². The number of nitrogens with one attached hydrogen (secondary N) is 2. The molecule has 2 rings (SSSR count). The average Bonchev–Trinajstić information content (AvgIpc) is 2.47. The molecular formula is C17H16Cl2N2O2. The van der Waals surface area contributed by atoms with Crippen molar-refractivity contribution in [3.63, 3.8) is 0 Å². The second kappa shape index (κ2) is 7.02. The summed E-state index contributed by atoms with van der Waals surface area (Å²) in [6.45, 7) is 5.48. The van der Waals surface area contributed by atoms with Gasteiger partial charge in [0.15, 0.2) is 0 Å². The van der Waals surface area contributed by atoms with Crippen LogP contribution in [0.25, 0.3) is 0 Å². The molecule has 0 aliphatic carbocycles. The SMILES string of the molecule is Cc1cc(C)c(NC(=O)C(=O)Nc2cccc(Cl)c2C)c(Cl)c1. The molecule has 2 amide bonds. The first-order valence-electron chi connectivity index (χ1n) is 6.93. The third-order valence-corrected chi connectivity index (χ3v) is 4.10. The van der Waals surface area contributed by atoms with E-state index in [0.717, 1.165) is 11.1 Å². The minimum Gasteiger partial charge on any atom is -0.317 e. The van der Waals surface area contributed by atoms with E-state index in [1.165, 1.54) is 0 Å². The molecule has 0 aliphatic heterocycles. The van der Waals surface area contributed by atoms with E-state index in [0.29, 0.717) is 27.0 Å². The summed E-state index contributed by atoms with van der Waals surface area (Å²) in [6, 6.07) is 8.69. The summed E-state index contributed by atoms with van der Waals surface area (Å²) in [7, 11) is 0. The topological polar surface area (TPSA) is 58.2 Å². The minimum atomic E-state index is -0.793. The predicted molar refractivity (Wildman–Crippen MR) is 94.4 cm³/mol. The van der Waals surface area contributed by atoms with Gasteiger partial charge < -0.3 is 10.6 Å². The number of carbonyl (C=O) groups excluding carboxylic acids is 2. The van der Waals surface area contributed by atoms with Crippen LogP contribution in [0.1, 0.15) is 16.7 Å². The second-order valence-electron chi connectivity index (χ2n) is 5.26. The van der Waals surface area contributed by atoms with Gasteiger partial charge in [0.1, 0.15) is 0 Å². The molecule has 6 heteroatoms. The van der Waals surface area contributed by atoms with Crippen molar-refractivity contribution in [3.05, 3.63) is 57.1 Å². The molecule has 0 saturated heterocycles. The van der Waals surface area contributed by atoms with Gasteiger partial charge in [0.25, 0.3) is 0 Å². The van der Waals surface area contributed by atoms with Gasteiger partial charge in [-0.3, -0.25) is 9.59 Å². The molecule has 120 valence electrons. The summed E-state index contributed by atoms with van der Waals surface area (Å²) in [4.78, 5) is 24.1. The third kappa shape index (κ3) is 4.03. The van der Waals surface area contributed by atoms with Crippen LogP contribution in [0.3, 0.4) is 0 Å². The van der Waals surface area contributed by atoms with Crippen molar-refractivity contribution in [2.75, 3.05) is 10.6 Å². The number of rotatable bonds is 2. The van der Waals surface area contributed by atoms with E-state index in [9.17, 15) is 9.59 Å². The third-order valence-electron chi connectivity index (χ3n) is 3.39. The molecule has 2 aromatic rings. The van der Waals surface area contributed by atoms with Crippen molar-refractivity contribution in [1.82, 2.24) is 0 Å². The van der Waals surface area contributed by atoms with Crippen LogP contribution in [0, 0.1) is 20.8 Å². The van der Waals surface area contributed by atoms with E-state index < -0.39 is 11.8 Å². The van der Waals surface area contributed by atoms with Crippen LogP contribution in [0.5, 0.6) is 0 Å². The number of benzene rings is 2. The number of hydrogen-bond donors (Lipinski definition) is 2. The number of halogens is 2. The molecule has 0 atom stereocenters. The molecule has 0 spiro atoms. The highest BCUT2D eigenvalue weighted by Crippen LogP contribution is 2.27. The lowest BCUT2D eigenvalue weighted by molar-refractivity contribution is -0.133. The van der Waals surface area contributed by atoms with Gasteiger partial charge in [0.05, 0.1) is 10.7 Å². The van der Waals surface area contributed by atoms with Crippen LogP contribution in [0.2, 0.25) is 10.0 Å². The molecule has 2 aromatic carbocycles. The summed E-state index contributed by atoms with van der Waals surface area (Å²) in [5.74, 6) is -1.58. The second-order valence-corrected chi connectivity index (χ2v) is 6.07. The smallest absolute Gasteiger partial charge is 0.314 e. The first-order valence-corrected chi connectivity index (χ1v) is 7.69. The highest BCUT2D eigenvalue weighted by molar-refractivity contribution is 6.45. The van der Waals surface area contributed by atoms with Crippen molar-refractivity contribution >= 4 is 46.4 Å². The summed E-state index contributed by atoms with van der Waals surface area (Å²) in [6.07, 6.45) is 0. The van der Waals surface area contributed by atoms with Crippen molar-refractivity contribution in [1.29, 1.82) is 0 Å². The Morgan fingerprint density at radius 3 is 2.22 bits per heavy atom. The van der Waals surface area contributed by atoms with Crippen LogP contribution >= 0.6 is 23.2 Å². The molecule has 0 saturated carbocycles. The average molecular weight is 351 g/mol. The highest BCUT2D eigenvalue weighted by atomic mass is 35.5. The van der Waals surface area contributed by atoms with Crippen LogP contribution in [-0.4, -0.2) is 11.8 Å². The van der Waals surface area contributed by atoms with Crippen LogP contribution < -0.4 is 10.6 Å². The number of aryl methyl sites for hydroxylation is 2. The molecule has 23 heavy (non-hydrogen) atoms. The molecule has 0 aliphatic rings. The fourth-order valence-corrected chi connectivity index (χ4v) is 2.71. The lowest BCUT2D eigenvalue weighted by Crippen LogP contribution is -2.29. The summed E-state index contributed by atoms with van der Waals surface area (Å²) < 4.78 is 0. The normalized spacial score (nSPS) is 10.3. The maximum Gasteiger partial charge on any atom is 0.314 e. The maximum absolute atomic E-state index is 12.1. The lowest BCUT2D eigenvalue weighted by Gasteiger charge is -2.12. The Kier molecular flexibility index (Phi) is 5.29. The molecule has 0 unspecified atom stereocenters. The Labute approximate surface area is 144 Å². The number of anilines is 2. The minimum absolute atomic E-state index is 0.391. The van der Waals surface area contributed by atoms with Crippen LogP contribution in [-0.2, 0) is 9.59 Å². The fraction of sp³-hybridized carbons (Fsp3) is 0.176. The lowest BCUT2D eigenvalue weighted by atomic mass is 10.1. The van der Waals surface area contributed by atoms with Gasteiger partial charge in [-0.1, -0.05) is 35.3 Å². The van der Waals surface area contributed by atoms with E-state index in [-0.39, 0.29) is 0 Å². The van der Waals surface area contributed by atoms with Gasteiger partial charge in [0.2, 0.25) is 0 Å². The van der Waals surface area contributed by atoms with Crippen molar-refractivity contribution in [2.24, 2.45) is 0 Å². The molecular weight excluding hydrogens is 335 g/mol. The van der Waals surface area contributed by atoms with Gasteiger partial charge in [-0.25, -0.2) is 0 Å². The van der Waals surface area contributed by atoms with Crippen molar-refractivity contribution in [2.45, 2.75) is 20.8 Å². The molecule has 0 aromatic heterocycles. The van der Waals surface area contributed by atoms with Gasteiger partial charge >= 0.3 is 11.8 Å². The summed E-state index contributed by atoms with van der Waals surface area (Å²) in [5, 5.41) is 5.99. The molecule has 0 heterocycles. The Morgan fingerprint density at radius 1 is 0.913 bits per heavy atom. The largest absolute Gasteiger partial charge is 0.317 e. The van der Waals surface area contributed by atoms with Gasteiger partial charge in [-0.05, 0) is 55.7 Å². The number of carbonyl (C=O) groups is 2. The zero-order valence-electron chi connectivity index (χ0n) is 13.0. The first kappa shape index (κ1) is 17.3. The Hall–Kier alpha value is -2.04. The zero-order valence-corrected chi connectivity index (χ0v) is 14.5. The monoisotopic (exact) mass is 350 g/mol. The van der Waals surface area contributed by atoms with Crippen molar-refractivity contribution in [3.8, 4) is 0 Å². The van der Waals surface area contributed by atoms with Crippen LogP contribution in [0.4, 0.5) is 11.4 Å². The van der Waals surface area contributed by atoms with E-state index in [2.05, 4.69) is 10.6 Å². The van der Waals surface area contributed by atoms with Gasteiger partial charge in [0, 0.05) is 10.7 Å². The zero-order chi connectivity index (χ0) is 17.1. The highest BCUT2D eigenvalue weighted by Gasteiger charge is 2.18.